The van der Waals surface area contributed by atoms with Crippen molar-refractivity contribution in [3.8, 4) is 22.4 Å². The van der Waals surface area contributed by atoms with Gasteiger partial charge in [0, 0.05) is 23.1 Å². The van der Waals surface area contributed by atoms with Gasteiger partial charge >= 0.3 is 0 Å². The van der Waals surface area contributed by atoms with Crippen LogP contribution < -0.4 is 0 Å². The normalized spacial score (nSPS) is 15.7. The smallest absolute Gasteiger partial charge is 0.0708 e. The van der Waals surface area contributed by atoms with Gasteiger partial charge in [-0.15, -0.1) is 0 Å². The second-order valence-electron chi connectivity index (χ2n) is 6.55. The van der Waals surface area contributed by atoms with Crippen molar-refractivity contribution in [2.24, 2.45) is 0 Å². The average Bonchev–Trinajstić information content (AvgIpc) is 2.79. The molecule has 1 heterocycles. The Bertz CT molecular complexity index is 1180. The number of benzene rings is 3. The van der Waals surface area contributed by atoms with Crippen LogP contribution in [0.5, 0.6) is 0 Å². The molecule has 0 spiro atoms. The molecule has 132 valence electrons. The molecule has 0 amide bonds. The molecule has 1 atom stereocenters. The summed E-state index contributed by atoms with van der Waals surface area (Å²) < 4.78 is 32.7. The van der Waals surface area contributed by atoms with E-state index in [2.05, 4.69) is 4.98 Å². The van der Waals surface area contributed by atoms with E-state index in [1.54, 1.807) is 0 Å². The topological polar surface area (TPSA) is 12.9 Å². The van der Waals surface area contributed by atoms with Gasteiger partial charge in [0.25, 0.3) is 0 Å². The van der Waals surface area contributed by atoms with Crippen LogP contribution in [0.3, 0.4) is 0 Å². The van der Waals surface area contributed by atoms with E-state index in [1.165, 1.54) is 6.20 Å². The summed E-state index contributed by atoms with van der Waals surface area (Å²) in [5, 5.41) is 0. The fraction of sp³-hybridized carbons (Fsp3) is 0.115. The molecule has 1 aromatic heterocycles. The van der Waals surface area contributed by atoms with E-state index in [1.807, 2.05) is 97.9 Å². The van der Waals surface area contributed by atoms with E-state index in [-0.39, 0.29) is 5.56 Å². The Kier molecular flexibility index (Phi) is 3.67. The lowest BCUT2D eigenvalue weighted by Crippen LogP contribution is -1.96. The molecule has 0 aliphatic rings. The van der Waals surface area contributed by atoms with Crippen molar-refractivity contribution in [1.29, 1.82) is 0 Å². The van der Waals surface area contributed by atoms with Gasteiger partial charge in [0.15, 0.2) is 0 Å². The summed E-state index contributed by atoms with van der Waals surface area (Å²) in [4.78, 5) is 4.48. The highest BCUT2D eigenvalue weighted by molar-refractivity contribution is 5.73. The van der Waals surface area contributed by atoms with E-state index in [0.717, 1.165) is 22.3 Å². The molecule has 3 aromatic carbocycles. The lowest BCUT2D eigenvalue weighted by molar-refractivity contribution is 0.923. The number of aromatic nitrogens is 1. The highest BCUT2D eigenvalue weighted by Gasteiger charge is 2.11. The third-order valence-corrected chi connectivity index (χ3v) is 4.79. The number of hydrogen-bond donors (Lipinski definition) is 0. The van der Waals surface area contributed by atoms with Crippen molar-refractivity contribution in [1.82, 2.24) is 4.98 Å². The molecule has 0 N–H and O–H groups in total. The van der Waals surface area contributed by atoms with Crippen molar-refractivity contribution in [3.63, 3.8) is 0 Å². The monoisotopic (exact) mass is 353 g/mol. The number of hydrogen-bond acceptors (Lipinski definition) is 1. The molecule has 1 nitrogen and oxygen atoms in total. The quantitative estimate of drug-likeness (QED) is 0.390. The van der Waals surface area contributed by atoms with Crippen molar-refractivity contribution < 1.29 is 5.48 Å². The zero-order chi connectivity index (χ0) is 22.1. The SMILES string of the molecule is [2H]C([2H])([2H])c1cnc(-c2cccc(C([2H])(C)c3ccccc3)c2)cc1-c1ccccc1. The molecular weight excluding hydrogens is 326 g/mol. The van der Waals surface area contributed by atoms with E-state index < -0.39 is 12.7 Å². The Hall–Kier alpha value is -3.19. The maximum atomic E-state index is 8.97. The second-order valence-corrected chi connectivity index (χ2v) is 6.55. The number of nitrogens with zero attached hydrogens (tertiary/aromatic N) is 1. The van der Waals surface area contributed by atoms with Crippen LogP contribution in [0.25, 0.3) is 22.4 Å². The summed E-state index contributed by atoms with van der Waals surface area (Å²) >= 11 is 0. The fourth-order valence-corrected chi connectivity index (χ4v) is 3.24. The van der Waals surface area contributed by atoms with E-state index in [9.17, 15) is 0 Å². The Balaban J connectivity index is 1.82. The second kappa shape index (κ2) is 7.59. The maximum absolute atomic E-state index is 8.97. The van der Waals surface area contributed by atoms with Crippen LogP contribution in [0, 0.1) is 6.85 Å². The van der Waals surface area contributed by atoms with E-state index in [0.29, 0.717) is 11.3 Å². The van der Waals surface area contributed by atoms with E-state index >= 15 is 0 Å². The number of rotatable bonds is 4. The summed E-state index contributed by atoms with van der Waals surface area (Å²) in [5.41, 5.74) is 4.99. The maximum Gasteiger partial charge on any atom is 0.0708 e. The summed E-state index contributed by atoms with van der Waals surface area (Å²) in [6.07, 6.45) is 1.45. The van der Waals surface area contributed by atoms with E-state index in [4.69, 9.17) is 5.48 Å². The van der Waals surface area contributed by atoms with Crippen LogP contribution >= 0.6 is 0 Å². The lowest BCUT2D eigenvalue weighted by atomic mass is 9.91. The molecule has 0 bridgehead atoms. The minimum absolute atomic E-state index is 0.230. The van der Waals surface area contributed by atoms with Crippen LogP contribution in [-0.4, -0.2) is 4.98 Å². The molecule has 0 radical (unpaired) electrons. The summed E-state index contributed by atoms with van der Waals surface area (Å²) in [5.74, 6) is -0.918. The first-order chi connectivity index (χ1) is 14.8. The molecule has 27 heavy (non-hydrogen) atoms. The Morgan fingerprint density at radius 3 is 2.19 bits per heavy atom. The van der Waals surface area contributed by atoms with Gasteiger partial charge in [-0.05, 0) is 46.8 Å². The van der Waals surface area contributed by atoms with Crippen molar-refractivity contribution in [2.75, 3.05) is 0 Å². The highest BCUT2D eigenvalue weighted by atomic mass is 14.7. The Morgan fingerprint density at radius 2 is 1.44 bits per heavy atom. The predicted octanol–water partition coefficient (Wildman–Crippen LogP) is 6.88. The minimum Gasteiger partial charge on any atom is -0.256 e. The first kappa shape index (κ1) is 13.1. The molecule has 1 unspecified atom stereocenters. The van der Waals surface area contributed by atoms with Crippen LogP contribution in [0.2, 0.25) is 0 Å². The molecule has 0 aliphatic carbocycles. The van der Waals surface area contributed by atoms with Crippen LogP contribution in [-0.2, 0) is 0 Å². The van der Waals surface area contributed by atoms with Gasteiger partial charge in [-0.3, -0.25) is 4.98 Å². The Labute approximate surface area is 167 Å². The first-order valence-electron chi connectivity index (χ1n) is 11.0. The molecule has 4 rings (SSSR count). The third-order valence-electron chi connectivity index (χ3n) is 4.79. The van der Waals surface area contributed by atoms with Gasteiger partial charge in [-0.25, -0.2) is 0 Å². The lowest BCUT2D eigenvalue weighted by Gasteiger charge is -2.14. The Morgan fingerprint density at radius 1 is 0.778 bits per heavy atom. The predicted molar refractivity (Wildman–Crippen MR) is 114 cm³/mol. The van der Waals surface area contributed by atoms with Gasteiger partial charge in [0.2, 0.25) is 0 Å². The van der Waals surface area contributed by atoms with Crippen LogP contribution in [0.1, 0.15) is 35.0 Å². The molecular formula is C26H23N. The number of pyridine rings is 1. The first-order valence-corrected chi connectivity index (χ1v) is 8.99. The fourth-order valence-electron chi connectivity index (χ4n) is 3.24. The standard InChI is InChI=1S/C26H23N/c1-19-18-27-26(17-25(19)22-12-7-4-8-13-22)24-15-9-14-23(16-24)20(2)21-10-5-3-6-11-21/h3-18,20H,1-2H3/i1D3,20D. The zero-order valence-corrected chi connectivity index (χ0v) is 15.2. The minimum atomic E-state index is -2.26. The summed E-state index contributed by atoms with van der Waals surface area (Å²) in [6, 6.07) is 28.8. The average molecular weight is 354 g/mol. The van der Waals surface area contributed by atoms with Crippen molar-refractivity contribution in [2.45, 2.75) is 19.7 Å². The summed E-state index contributed by atoms with van der Waals surface area (Å²) in [7, 11) is 0. The molecule has 0 saturated heterocycles. The van der Waals surface area contributed by atoms with Gasteiger partial charge in [-0.1, -0.05) is 85.8 Å². The van der Waals surface area contributed by atoms with Crippen LogP contribution in [0.15, 0.2) is 97.2 Å². The van der Waals surface area contributed by atoms with Crippen LogP contribution in [0.4, 0.5) is 0 Å². The third kappa shape index (κ3) is 3.68. The molecule has 4 aromatic rings. The number of aryl methyl sites for hydroxylation is 1. The largest absolute Gasteiger partial charge is 0.256 e. The molecule has 0 aliphatic heterocycles. The zero-order valence-electron chi connectivity index (χ0n) is 19.2. The molecule has 1 heteroatoms. The van der Waals surface area contributed by atoms with Gasteiger partial charge in [-0.2, -0.15) is 0 Å². The summed E-state index contributed by atoms with van der Waals surface area (Å²) in [6.45, 7) is -0.381. The molecule has 0 saturated carbocycles. The van der Waals surface area contributed by atoms with Crippen molar-refractivity contribution in [3.05, 3.63) is 114 Å². The van der Waals surface area contributed by atoms with Gasteiger partial charge < -0.3 is 0 Å². The molecule has 0 fully saturated rings. The van der Waals surface area contributed by atoms with Gasteiger partial charge in [0.05, 0.1) is 5.69 Å². The van der Waals surface area contributed by atoms with Crippen molar-refractivity contribution >= 4 is 0 Å². The van der Waals surface area contributed by atoms with Gasteiger partial charge in [0.1, 0.15) is 0 Å². The highest BCUT2D eigenvalue weighted by Crippen LogP contribution is 2.30.